The van der Waals surface area contributed by atoms with Crippen molar-refractivity contribution in [3.63, 3.8) is 0 Å². The highest BCUT2D eigenvalue weighted by atomic mass is 33.1. The summed E-state index contributed by atoms with van der Waals surface area (Å²) in [5.74, 6) is 3.05. The molecule has 0 spiro atoms. The van der Waals surface area contributed by atoms with Crippen LogP contribution < -0.4 is 0 Å². The van der Waals surface area contributed by atoms with Crippen molar-refractivity contribution in [3.8, 4) is 0 Å². The Balaban J connectivity index is 1.77. The highest BCUT2D eigenvalue weighted by molar-refractivity contribution is 8.76. The van der Waals surface area contributed by atoms with Gasteiger partial charge in [0.2, 0.25) is 0 Å². The third kappa shape index (κ3) is 3.05. The van der Waals surface area contributed by atoms with Gasteiger partial charge in [0.15, 0.2) is 0 Å². The summed E-state index contributed by atoms with van der Waals surface area (Å²) in [7, 11) is 3.98. The van der Waals surface area contributed by atoms with Gasteiger partial charge in [-0.25, -0.2) is 0 Å². The second-order valence-corrected chi connectivity index (χ2v) is 6.91. The van der Waals surface area contributed by atoms with Crippen LogP contribution in [0, 0.1) is 5.92 Å². The molecule has 1 N–H and O–H groups in total. The fourth-order valence-electron chi connectivity index (χ4n) is 2.31. The van der Waals surface area contributed by atoms with Gasteiger partial charge in [0.1, 0.15) is 0 Å². The van der Waals surface area contributed by atoms with E-state index in [1.54, 1.807) is 0 Å². The monoisotopic (exact) mass is 233 g/mol. The van der Waals surface area contributed by atoms with Crippen molar-refractivity contribution in [3.05, 3.63) is 0 Å². The molecule has 4 heteroatoms. The first-order valence-electron chi connectivity index (χ1n) is 5.51. The predicted octanol–water partition coefficient (Wildman–Crippen LogP) is 1.84. The van der Waals surface area contributed by atoms with Gasteiger partial charge in [-0.2, -0.15) is 0 Å². The number of hydrogen-bond acceptors (Lipinski definition) is 4. The Morgan fingerprint density at radius 1 is 1.14 bits per heavy atom. The second kappa shape index (κ2) is 5.64. The summed E-state index contributed by atoms with van der Waals surface area (Å²) < 4.78 is 0. The molecule has 0 radical (unpaired) electrons. The van der Waals surface area contributed by atoms with Crippen molar-refractivity contribution in [2.45, 2.75) is 25.4 Å². The molecular weight excluding hydrogens is 214 g/mol. The first-order chi connectivity index (χ1) is 6.86. The van der Waals surface area contributed by atoms with Crippen LogP contribution in [0.4, 0.5) is 0 Å². The Kier molecular flexibility index (Phi) is 4.47. The molecule has 1 heterocycles. The van der Waals surface area contributed by atoms with Gasteiger partial charge in [-0.3, -0.25) is 0 Å². The molecule has 1 saturated carbocycles. The largest absolute Gasteiger partial charge is 0.393 e. The Labute approximate surface area is 94.2 Å². The maximum absolute atomic E-state index is 9.75. The maximum Gasteiger partial charge on any atom is 0.0580 e. The fraction of sp³-hybridized carbons (Fsp3) is 1.00. The minimum Gasteiger partial charge on any atom is -0.393 e. The Hall–Kier alpha value is 0.620. The van der Waals surface area contributed by atoms with E-state index in [4.69, 9.17) is 0 Å². The lowest BCUT2D eigenvalue weighted by molar-refractivity contribution is 0.106. The highest BCUT2D eigenvalue weighted by Gasteiger charge is 2.27. The number of hydrogen-bond donors (Lipinski definition) is 1. The number of aliphatic hydroxyl groups is 1. The number of aliphatic hydroxyl groups excluding tert-OH is 1. The van der Waals surface area contributed by atoms with Crippen molar-refractivity contribution in [1.29, 1.82) is 0 Å². The molecule has 1 saturated heterocycles. The van der Waals surface area contributed by atoms with Crippen LogP contribution >= 0.6 is 21.6 Å². The van der Waals surface area contributed by atoms with Crippen LogP contribution in [0.1, 0.15) is 19.3 Å². The predicted molar refractivity (Wildman–Crippen MR) is 64.7 cm³/mol. The summed E-state index contributed by atoms with van der Waals surface area (Å²) in [6.07, 6.45) is 3.47. The van der Waals surface area contributed by atoms with Crippen molar-refractivity contribution >= 4 is 21.6 Å². The molecule has 0 amide bonds. The highest BCUT2D eigenvalue weighted by Crippen LogP contribution is 2.28. The van der Waals surface area contributed by atoms with Crippen LogP contribution in [-0.2, 0) is 0 Å². The topological polar surface area (TPSA) is 23.5 Å². The quantitative estimate of drug-likeness (QED) is 0.735. The average Bonchev–Trinajstić information content (AvgIpc) is 2.44. The third-order valence-electron chi connectivity index (χ3n) is 3.18. The second-order valence-electron chi connectivity index (χ2n) is 4.20. The molecule has 2 aliphatic rings. The van der Waals surface area contributed by atoms with Crippen molar-refractivity contribution in [1.82, 2.24) is 4.90 Å². The van der Waals surface area contributed by atoms with E-state index < -0.39 is 0 Å². The summed E-state index contributed by atoms with van der Waals surface area (Å²) in [6, 6.07) is 0. The van der Waals surface area contributed by atoms with Crippen LogP contribution in [0.5, 0.6) is 0 Å². The SMILES string of the molecule is OC1CCCC1CN1CCSSCC1. The number of rotatable bonds is 2. The van der Waals surface area contributed by atoms with Crippen LogP contribution in [0.25, 0.3) is 0 Å². The van der Waals surface area contributed by atoms with Crippen LogP contribution in [0.3, 0.4) is 0 Å². The zero-order valence-corrected chi connectivity index (χ0v) is 10.2. The smallest absolute Gasteiger partial charge is 0.0580 e. The zero-order valence-electron chi connectivity index (χ0n) is 8.52. The molecule has 1 aliphatic carbocycles. The molecule has 0 aromatic carbocycles. The summed E-state index contributed by atoms with van der Waals surface area (Å²) in [4.78, 5) is 2.53. The van der Waals surface area contributed by atoms with Crippen LogP contribution in [0.2, 0.25) is 0 Å². The van der Waals surface area contributed by atoms with Gasteiger partial charge in [0, 0.05) is 31.1 Å². The van der Waals surface area contributed by atoms with Crippen molar-refractivity contribution < 1.29 is 5.11 Å². The van der Waals surface area contributed by atoms with E-state index >= 15 is 0 Å². The minimum absolute atomic E-state index is 0.0152. The molecule has 2 rings (SSSR count). The lowest BCUT2D eigenvalue weighted by atomic mass is 10.1. The number of nitrogens with zero attached hydrogens (tertiary/aromatic N) is 1. The first-order valence-corrected chi connectivity index (χ1v) is 8.00. The van der Waals surface area contributed by atoms with Gasteiger partial charge in [0.25, 0.3) is 0 Å². The summed E-state index contributed by atoms with van der Waals surface area (Å²) in [5, 5.41) is 9.75. The molecule has 1 aliphatic heterocycles. The molecule has 2 nitrogen and oxygen atoms in total. The maximum atomic E-state index is 9.75. The minimum atomic E-state index is -0.0152. The molecule has 0 aromatic heterocycles. The first kappa shape index (κ1) is 11.1. The van der Waals surface area contributed by atoms with E-state index in [1.807, 2.05) is 21.6 Å². The molecule has 0 bridgehead atoms. The molecule has 2 atom stereocenters. The molecule has 2 unspecified atom stereocenters. The standard InChI is InChI=1S/C10H19NOS2/c12-10-3-1-2-9(10)8-11-4-6-13-14-7-5-11/h9-10,12H,1-8H2. The van der Waals surface area contributed by atoms with E-state index in [2.05, 4.69) is 4.90 Å². The van der Waals surface area contributed by atoms with Crippen LogP contribution in [-0.4, -0.2) is 47.3 Å². The zero-order chi connectivity index (χ0) is 9.80. The molecule has 0 aromatic rings. The van der Waals surface area contributed by atoms with E-state index in [1.165, 1.54) is 37.4 Å². The summed E-state index contributed by atoms with van der Waals surface area (Å²) in [6.45, 7) is 3.55. The fourth-order valence-corrected chi connectivity index (χ4v) is 4.36. The van der Waals surface area contributed by atoms with Gasteiger partial charge in [-0.15, -0.1) is 0 Å². The molecule has 2 fully saturated rings. The molecule has 82 valence electrons. The van der Waals surface area contributed by atoms with E-state index in [-0.39, 0.29) is 6.10 Å². The lowest BCUT2D eigenvalue weighted by Gasteiger charge is -2.24. The van der Waals surface area contributed by atoms with E-state index in [0.717, 1.165) is 13.0 Å². The average molecular weight is 233 g/mol. The van der Waals surface area contributed by atoms with Gasteiger partial charge in [-0.1, -0.05) is 28.0 Å². The lowest BCUT2D eigenvalue weighted by Crippen LogP contribution is -2.35. The van der Waals surface area contributed by atoms with E-state index in [9.17, 15) is 5.11 Å². The van der Waals surface area contributed by atoms with Crippen molar-refractivity contribution in [2.75, 3.05) is 31.1 Å². The van der Waals surface area contributed by atoms with E-state index in [0.29, 0.717) is 5.92 Å². The van der Waals surface area contributed by atoms with Gasteiger partial charge in [0.05, 0.1) is 6.10 Å². The van der Waals surface area contributed by atoms with Gasteiger partial charge < -0.3 is 10.0 Å². The van der Waals surface area contributed by atoms with Gasteiger partial charge >= 0.3 is 0 Å². The van der Waals surface area contributed by atoms with Crippen LogP contribution in [0.15, 0.2) is 0 Å². The molecular formula is C10H19NOS2. The van der Waals surface area contributed by atoms with Crippen molar-refractivity contribution in [2.24, 2.45) is 5.92 Å². The molecule has 14 heavy (non-hydrogen) atoms. The Morgan fingerprint density at radius 2 is 1.86 bits per heavy atom. The third-order valence-corrected chi connectivity index (χ3v) is 5.54. The normalized spacial score (nSPS) is 35.8. The Bertz CT molecular complexity index is 172. The summed E-state index contributed by atoms with van der Waals surface area (Å²) >= 11 is 0. The Morgan fingerprint density at radius 3 is 2.43 bits per heavy atom. The summed E-state index contributed by atoms with van der Waals surface area (Å²) in [5.41, 5.74) is 0. The van der Waals surface area contributed by atoms with Gasteiger partial charge in [-0.05, 0) is 18.8 Å².